The van der Waals surface area contributed by atoms with Gasteiger partial charge in [0.05, 0.1) is 11.6 Å². The fraction of sp³-hybridized carbons (Fsp3) is 0.364. The molecule has 1 aromatic carbocycles. The van der Waals surface area contributed by atoms with Gasteiger partial charge >= 0.3 is 0 Å². The second-order valence-electron chi connectivity index (χ2n) is 3.73. The lowest BCUT2D eigenvalue weighted by atomic mass is 9.93. The Labute approximate surface area is 84.3 Å². The molecule has 74 valence electrons. The lowest BCUT2D eigenvalue weighted by Gasteiger charge is -2.17. The number of nitriles is 1. The van der Waals surface area contributed by atoms with E-state index < -0.39 is 0 Å². The van der Waals surface area contributed by atoms with Crippen molar-refractivity contribution in [2.75, 3.05) is 5.73 Å². The fourth-order valence-corrected chi connectivity index (χ4v) is 1.32. The smallest absolute Gasteiger partial charge is 0.0995 e. The maximum absolute atomic E-state index is 8.89. The van der Waals surface area contributed by atoms with Gasteiger partial charge in [0.1, 0.15) is 0 Å². The topological polar surface area (TPSA) is 75.8 Å². The second-order valence-corrected chi connectivity index (χ2v) is 3.73. The highest BCUT2D eigenvalue weighted by molar-refractivity contribution is 5.50. The number of benzene rings is 1. The molecular weight excluding hydrogens is 174 g/mol. The summed E-state index contributed by atoms with van der Waals surface area (Å²) < 4.78 is 0. The van der Waals surface area contributed by atoms with Gasteiger partial charge in [0.15, 0.2) is 0 Å². The average Bonchev–Trinajstić information content (AvgIpc) is 2.16. The zero-order chi connectivity index (χ0) is 10.7. The molecule has 0 heterocycles. The van der Waals surface area contributed by atoms with Crippen molar-refractivity contribution in [1.82, 2.24) is 0 Å². The molecule has 1 unspecified atom stereocenters. The molecule has 0 radical (unpaired) electrons. The Morgan fingerprint density at radius 3 is 2.50 bits per heavy atom. The number of anilines is 1. The number of nitrogens with two attached hydrogens (primary N) is 2. The molecule has 4 N–H and O–H groups in total. The highest BCUT2D eigenvalue weighted by Crippen LogP contribution is 2.24. The third-order valence-corrected chi connectivity index (χ3v) is 2.27. The molecule has 0 saturated carbocycles. The van der Waals surface area contributed by atoms with Gasteiger partial charge in [0.2, 0.25) is 0 Å². The van der Waals surface area contributed by atoms with Gasteiger partial charge in [-0.15, -0.1) is 0 Å². The standard InChI is InChI=1S/C11H15N3/c1-7(2)11(14)10-5-9(13)4-3-8(10)6-12/h3-5,7,11H,13-14H2,1-2H3. The molecule has 3 nitrogen and oxygen atoms in total. The van der Waals surface area contributed by atoms with E-state index in [0.29, 0.717) is 17.2 Å². The normalized spacial score (nSPS) is 12.5. The first kappa shape index (κ1) is 10.6. The molecule has 0 fully saturated rings. The van der Waals surface area contributed by atoms with Crippen LogP contribution in [0.1, 0.15) is 31.0 Å². The monoisotopic (exact) mass is 189 g/mol. The Balaban J connectivity index is 3.18. The van der Waals surface area contributed by atoms with Crippen molar-refractivity contribution in [2.24, 2.45) is 11.7 Å². The fourth-order valence-electron chi connectivity index (χ4n) is 1.32. The van der Waals surface area contributed by atoms with Gasteiger partial charge < -0.3 is 11.5 Å². The molecule has 0 aliphatic heterocycles. The summed E-state index contributed by atoms with van der Waals surface area (Å²) >= 11 is 0. The van der Waals surface area contributed by atoms with Crippen LogP contribution < -0.4 is 11.5 Å². The Morgan fingerprint density at radius 1 is 1.36 bits per heavy atom. The highest BCUT2D eigenvalue weighted by Gasteiger charge is 2.14. The number of nitrogens with zero attached hydrogens (tertiary/aromatic N) is 1. The zero-order valence-electron chi connectivity index (χ0n) is 8.49. The van der Waals surface area contributed by atoms with E-state index in [4.69, 9.17) is 16.7 Å². The van der Waals surface area contributed by atoms with E-state index >= 15 is 0 Å². The molecule has 14 heavy (non-hydrogen) atoms. The average molecular weight is 189 g/mol. The lowest BCUT2D eigenvalue weighted by molar-refractivity contribution is 0.513. The molecule has 0 saturated heterocycles. The van der Waals surface area contributed by atoms with Crippen LogP contribution in [0.4, 0.5) is 5.69 Å². The lowest BCUT2D eigenvalue weighted by Crippen LogP contribution is -2.18. The summed E-state index contributed by atoms with van der Waals surface area (Å²) in [7, 11) is 0. The molecule has 0 spiro atoms. The van der Waals surface area contributed by atoms with Crippen LogP contribution in [0.2, 0.25) is 0 Å². The van der Waals surface area contributed by atoms with Crippen molar-refractivity contribution in [3.63, 3.8) is 0 Å². The predicted octanol–water partition coefficient (Wildman–Crippen LogP) is 1.80. The molecule has 0 aliphatic carbocycles. The van der Waals surface area contributed by atoms with E-state index in [1.54, 1.807) is 18.2 Å². The van der Waals surface area contributed by atoms with Crippen LogP contribution in [-0.4, -0.2) is 0 Å². The Morgan fingerprint density at radius 2 is 2.00 bits per heavy atom. The molecular formula is C11H15N3. The summed E-state index contributed by atoms with van der Waals surface area (Å²) in [6.07, 6.45) is 0. The summed E-state index contributed by atoms with van der Waals surface area (Å²) in [6.45, 7) is 4.05. The summed E-state index contributed by atoms with van der Waals surface area (Å²) in [5.41, 5.74) is 13.7. The van der Waals surface area contributed by atoms with Gasteiger partial charge in [0, 0.05) is 11.7 Å². The van der Waals surface area contributed by atoms with Gasteiger partial charge in [-0.25, -0.2) is 0 Å². The summed E-state index contributed by atoms with van der Waals surface area (Å²) in [5.74, 6) is 0.295. The van der Waals surface area contributed by atoms with Gasteiger partial charge in [0.25, 0.3) is 0 Å². The maximum atomic E-state index is 8.89. The second kappa shape index (κ2) is 4.12. The SMILES string of the molecule is CC(C)C(N)c1cc(N)ccc1C#N. The predicted molar refractivity (Wildman–Crippen MR) is 57.3 cm³/mol. The summed E-state index contributed by atoms with van der Waals surface area (Å²) in [6, 6.07) is 7.21. The largest absolute Gasteiger partial charge is 0.399 e. The first-order valence-electron chi connectivity index (χ1n) is 4.61. The quantitative estimate of drug-likeness (QED) is 0.696. The Kier molecular flexibility index (Phi) is 3.10. The molecule has 1 rings (SSSR count). The number of hydrogen-bond donors (Lipinski definition) is 2. The Hall–Kier alpha value is -1.53. The van der Waals surface area contributed by atoms with Crippen molar-refractivity contribution >= 4 is 5.69 Å². The van der Waals surface area contributed by atoms with Crippen LogP contribution in [-0.2, 0) is 0 Å². The molecule has 0 amide bonds. The molecule has 0 aliphatic rings. The van der Waals surface area contributed by atoms with Gasteiger partial charge in [-0.3, -0.25) is 0 Å². The minimum absolute atomic E-state index is 0.131. The molecule has 1 atom stereocenters. The first-order valence-corrected chi connectivity index (χ1v) is 4.61. The Bertz CT molecular complexity index is 363. The van der Waals surface area contributed by atoms with Crippen molar-refractivity contribution in [3.8, 4) is 6.07 Å². The molecule has 1 aromatic rings. The summed E-state index contributed by atoms with van der Waals surface area (Å²) in [5, 5.41) is 8.89. The number of hydrogen-bond acceptors (Lipinski definition) is 3. The van der Waals surface area contributed by atoms with Crippen LogP contribution in [0, 0.1) is 17.2 Å². The van der Waals surface area contributed by atoms with Crippen LogP contribution >= 0.6 is 0 Å². The number of rotatable bonds is 2. The first-order chi connectivity index (χ1) is 6.56. The zero-order valence-corrected chi connectivity index (χ0v) is 8.49. The summed E-state index contributed by atoms with van der Waals surface area (Å²) in [4.78, 5) is 0. The van der Waals surface area contributed by atoms with E-state index in [2.05, 4.69) is 6.07 Å². The van der Waals surface area contributed by atoms with Gasteiger partial charge in [-0.2, -0.15) is 5.26 Å². The van der Waals surface area contributed by atoms with E-state index in [1.165, 1.54) is 0 Å². The van der Waals surface area contributed by atoms with Crippen molar-refractivity contribution < 1.29 is 0 Å². The van der Waals surface area contributed by atoms with Crippen LogP contribution in [0.15, 0.2) is 18.2 Å². The van der Waals surface area contributed by atoms with E-state index in [0.717, 1.165) is 5.56 Å². The van der Waals surface area contributed by atoms with Gasteiger partial charge in [-0.05, 0) is 29.7 Å². The maximum Gasteiger partial charge on any atom is 0.0995 e. The van der Waals surface area contributed by atoms with Crippen molar-refractivity contribution in [1.29, 1.82) is 5.26 Å². The van der Waals surface area contributed by atoms with E-state index in [1.807, 2.05) is 13.8 Å². The number of nitrogen functional groups attached to an aromatic ring is 1. The van der Waals surface area contributed by atoms with Gasteiger partial charge in [-0.1, -0.05) is 13.8 Å². The van der Waals surface area contributed by atoms with Crippen molar-refractivity contribution in [3.05, 3.63) is 29.3 Å². The van der Waals surface area contributed by atoms with Crippen molar-refractivity contribution in [2.45, 2.75) is 19.9 Å². The van der Waals surface area contributed by atoms with Crippen LogP contribution in [0.3, 0.4) is 0 Å². The molecule has 0 bridgehead atoms. The van der Waals surface area contributed by atoms with E-state index in [-0.39, 0.29) is 6.04 Å². The van der Waals surface area contributed by atoms with Crippen LogP contribution in [0.5, 0.6) is 0 Å². The third kappa shape index (κ3) is 2.04. The highest BCUT2D eigenvalue weighted by atomic mass is 14.7. The minimum atomic E-state index is -0.131. The molecule has 3 heteroatoms. The molecule has 0 aromatic heterocycles. The third-order valence-electron chi connectivity index (χ3n) is 2.27. The van der Waals surface area contributed by atoms with Crippen LogP contribution in [0.25, 0.3) is 0 Å². The van der Waals surface area contributed by atoms with E-state index in [9.17, 15) is 0 Å². The minimum Gasteiger partial charge on any atom is -0.399 e.